The van der Waals surface area contributed by atoms with Crippen molar-refractivity contribution in [2.45, 2.75) is 31.8 Å². The standard InChI is InChI=1S/C31H36N4/c1-2-27-16-18-30(19-17-27)24-33-21-22-34-26-31(35-25-29-13-7-4-8-14-29)15-9-10-20-32-23-28-11-5-3-6-12-28/h2-3,5-7,11-14,16-19,24-25,31-32,34H,1,9-10,15,20-23,26H2. The summed E-state index contributed by atoms with van der Waals surface area (Å²) in [7, 11) is 0. The van der Waals surface area contributed by atoms with Gasteiger partial charge in [-0.3, -0.25) is 9.98 Å². The summed E-state index contributed by atoms with van der Waals surface area (Å²) in [4.78, 5) is 9.39. The van der Waals surface area contributed by atoms with E-state index in [2.05, 4.69) is 88.9 Å². The van der Waals surface area contributed by atoms with Crippen LogP contribution in [0.15, 0.2) is 89.4 Å². The van der Waals surface area contributed by atoms with Gasteiger partial charge in [-0.1, -0.05) is 85.8 Å². The summed E-state index contributed by atoms with van der Waals surface area (Å²) in [6.07, 6.45) is 9.06. The van der Waals surface area contributed by atoms with Gasteiger partial charge in [-0.25, -0.2) is 0 Å². The molecule has 0 saturated heterocycles. The van der Waals surface area contributed by atoms with E-state index in [9.17, 15) is 0 Å². The van der Waals surface area contributed by atoms with Gasteiger partial charge in [0.2, 0.25) is 0 Å². The van der Waals surface area contributed by atoms with E-state index >= 15 is 0 Å². The molecule has 3 aromatic carbocycles. The molecule has 0 amide bonds. The highest BCUT2D eigenvalue weighted by Crippen LogP contribution is 2.06. The average molecular weight is 465 g/mol. The van der Waals surface area contributed by atoms with E-state index in [0.29, 0.717) is 0 Å². The summed E-state index contributed by atoms with van der Waals surface area (Å²) < 4.78 is 0. The Hall–Kier alpha value is -3.52. The first-order valence-electron chi connectivity index (χ1n) is 12.4. The first-order chi connectivity index (χ1) is 17.3. The van der Waals surface area contributed by atoms with Crippen molar-refractivity contribution in [3.05, 3.63) is 114 Å². The Balaban J connectivity index is 1.37. The minimum absolute atomic E-state index is 0.240. The van der Waals surface area contributed by atoms with E-state index in [1.807, 2.05) is 36.7 Å². The summed E-state index contributed by atoms with van der Waals surface area (Å²) >= 11 is 0. The first-order valence-corrected chi connectivity index (χ1v) is 12.4. The molecule has 180 valence electrons. The molecule has 0 bridgehead atoms. The van der Waals surface area contributed by atoms with Crippen LogP contribution in [0.3, 0.4) is 0 Å². The van der Waals surface area contributed by atoms with Crippen molar-refractivity contribution in [3.63, 3.8) is 0 Å². The molecule has 0 aromatic heterocycles. The van der Waals surface area contributed by atoms with Gasteiger partial charge in [0.15, 0.2) is 0 Å². The Morgan fingerprint density at radius 2 is 1.66 bits per heavy atom. The molecule has 0 spiro atoms. The summed E-state index contributed by atoms with van der Waals surface area (Å²) in [6.45, 7) is 8.15. The fraction of sp³-hybridized carbons (Fsp3) is 0.290. The number of unbranched alkanes of at least 4 members (excludes halogenated alkanes) is 1. The molecule has 0 heterocycles. The molecule has 3 rings (SSSR count). The van der Waals surface area contributed by atoms with Gasteiger partial charge in [-0.2, -0.15) is 0 Å². The van der Waals surface area contributed by atoms with Gasteiger partial charge >= 0.3 is 0 Å². The highest BCUT2D eigenvalue weighted by Gasteiger charge is 2.06. The molecule has 2 N–H and O–H groups in total. The van der Waals surface area contributed by atoms with Crippen LogP contribution < -0.4 is 10.6 Å². The van der Waals surface area contributed by atoms with Crippen molar-refractivity contribution in [2.24, 2.45) is 9.98 Å². The minimum Gasteiger partial charge on any atom is -0.313 e. The van der Waals surface area contributed by atoms with Crippen molar-refractivity contribution in [3.8, 4) is 0 Å². The van der Waals surface area contributed by atoms with Crippen LogP contribution in [0.2, 0.25) is 0 Å². The third kappa shape index (κ3) is 11.0. The van der Waals surface area contributed by atoms with Crippen LogP contribution in [0.5, 0.6) is 0 Å². The quantitative estimate of drug-likeness (QED) is 0.221. The van der Waals surface area contributed by atoms with Gasteiger partial charge in [0, 0.05) is 37.6 Å². The fourth-order valence-corrected chi connectivity index (χ4v) is 3.62. The molecule has 1 atom stereocenters. The van der Waals surface area contributed by atoms with E-state index in [1.165, 1.54) is 5.56 Å². The predicted molar refractivity (Wildman–Crippen MR) is 149 cm³/mol. The number of hydrogen-bond donors (Lipinski definition) is 2. The third-order valence-corrected chi connectivity index (χ3v) is 5.64. The molecule has 0 aliphatic carbocycles. The molecule has 4 nitrogen and oxygen atoms in total. The lowest BCUT2D eigenvalue weighted by Gasteiger charge is -2.13. The smallest absolute Gasteiger partial charge is 0.0624 e. The number of benzene rings is 2. The van der Waals surface area contributed by atoms with Crippen LogP contribution in [-0.2, 0) is 6.54 Å². The van der Waals surface area contributed by atoms with Crippen molar-refractivity contribution in [2.75, 3.05) is 26.2 Å². The molecule has 0 aliphatic heterocycles. The van der Waals surface area contributed by atoms with Crippen LogP contribution in [-0.4, -0.2) is 44.7 Å². The second-order valence-electron chi connectivity index (χ2n) is 8.47. The monoisotopic (exact) mass is 464 g/mol. The highest BCUT2D eigenvalue weighted by molar-refractivity contribution is 5.80. The maximum Gasteiger partial charge on any atom is 0.0624 e. The molecule has 3 aromatic rings. The van der Waals surface area contributed by atoms with Crippen LogP contribution in [0.4, 0.5) is 0 Å². The third-order valence-electron chi connectivity index (χ3n) is 5.64. The Morgan fingerprint density at radius 1 is 0.829 bits per heavy atom. The van der Waals surface area contributed by atoms with Crippen LogP contribution in [0, 0.1) is 12.1 Å². The van der Waals surface area contributed by atoms with Gasteiger partial charge in [0.1, 0.15) is 0 Å². The summed E-state index contributed by atoms with van der Waals surface area (Å²) in [6, 6.07) is 30.7. The Bertz CT molecular complexity index is 1010. The Kier molecular flexibility index (Phi) is 12.1. The van der Waals surface area contributed by atoms with Gasteiger partial charge in [-0.15, -0.1) is 0 Å². The molecular formula is C31H36N4. The fourth-order valence-electron chi connectivity index (χ4n) is 3.62. The van der Waals surface area contributed by atoms with Gasteiger partial charge < -0.3 is 10.6 Å². The molecule has 1 unspecified atom stereocenters. The largest absolute Gasteiger partial charge is 0.313 e. The van der Waals surface area contributed by atoms with Crippen molar-refractivity contribution in [1.29, 1.82) is 0 Å². The number of aliphatic imine (C=N–C) groups is 2. The maximum atomic E-state index is 4.85. The molecule has 0 fully saturated rings. The van der Waals surface area contributed by atoms with Crippen molar-refractivity contribution >= 4 is 18.5 Å². The van der Waals surface area contributed by atoms with Crippen LogP contribution >= 0.6 is 0 Å². The van der Waals surface area contributed by atoms with E-state index in [0.717, 1.165) is 68.7 Å². The van der Waals surface area contributed by atoms with E-state index in [-0.39, 0.29) is 6.04 Å². The molecular weight excluding hydrogens is 428 g/mol. The van der Waals surface area contributed by atoms with Gasteiger partial charge in [-0.05, 0) is 54.3 Å². The van der Waals surface area contributed by atoms with Crippen molar-refractivity contribution in [1.82, 2.24) is 10.6 Å². The second-order valence-corrected chi connectivity index (χ2v) is 8.47. The highest BCUT2D eigenvalue weighted by atomic mass is 14.9. The SMILES string of the molecule is C=Cc1ccc(C=NCCNCC(CCCCNCc2ccccc2)N=Cc2cc#ccc2)cc1. The molecule has 4 heteroatoms. The maximum absolute atomic E-state index is 4.85. The number of hydrogen-bond acceptors (Lipinski definition) is 4. The Labute approximate surface area is 210 Å². The summed E-state index contributed by atoms with van der Waals surface area (Å²) in [5.74, 6) is 0. The zero-order chi connectivity index (χ0) is 24.4. The lowest BCUT2D eigenvalue weighted by atomic mass is 10.1. The van der Waals surface area contributed by atoms with Gasteiger partial charge in [0.25, 0.3) is 0 Å². The Morgan fingerprint density at radius 3 is 2.43 bits per heavy atom. The number of rotatable bonds is 16. The van der Waals surface area contributed by atoms with Gasteiger partial charge in [0.05, 0.1) is 12.6 Å². The molecule has 35 heavy (non-hydrogen) atoms. The first kappa shape index (κ1) is 26.1. The number of nitrogens with one attached hydrogen (secondary N) is 2. The topological polar surface area (TPSA) is 48.8 Å². The molecule has 0 aliphatic rings. The lowest BCUT2D eigenvalue weighted by Crippen LogP contribution is -2.28. The summed E-state index contributed by atoms with van der Waals surface area (Å²) in [5, 5.41) is 7.07. The second kappa shape index (κ2) is 16.2. The molecule has 0 saturated carbocycles. The van der Waals surface area contributed by atoms with E-state index < -0.39 is 0 Å². The zero-order valence-corrected chi connectivity index (χ0v) is 20.5. The lowest BCUT2D eigenvalue weighted by molar-refractivity contribution is 0.513. The number of nitrogens with zero attached hydrogens (tertiary/aromatic N) is 2. The summed E-state index contributed by atoms with van der Waals surface area (Å²) in [5.41, 5.74) is 4.61. The van der Waals surface area contributed by atoms with E-state index in [1.54, 1.807) is 0 Å². The normalized spacial score (nSPS) is 12.1. The van der Waals surface area contributed by atoms with Crippen LogP contribution in [0.1, 0.15) is 41.5 Å². The molecule has 0 radical (unpaired) electrons. The van der Waals surface area contributed by atoms with Crippen LogP contribution in [0.25, 0.3) is 6.08 Å². The minimum atomic E-state index is 0.240. The zero-order valence-electron chi connectivity index (χ0n) is 20.5. The van der Waals surface area contributed by atoms with E-state index in [4.69, 9.17) is 4.99 Å². The predicted octanol–water partition coefficient (Wildman–Crippen LogP) is 5.39. The van der Waals surface area contributed by atoms with Crippen molar-refractivity contribution < 1.29 is 0 Å². The average Bonchev–Trinajstić information content (AvgIpc) is 2.92.